The summed E-state index contributed by atoms with van der Waals surface area (Å²) >= 11 is 0. The van der Waals surface area contributed by atoms with Crippen LogP contribution in [0.3, 0.4) is 0 Å². The minimum Gasteiger partial charge on any atom is -0.497 e. The van der Waals surface area contributed by atoms with Crippen LogP contribution in [0.1, 0.15) is 45.7 Å². The second-order valence-corrected chi connectivity index (χ2v) is 6.81. The first-order valence-electron chi connectivity index (χ1n) is 8.11. The summed E-state index contributed by atoms with van der Waals surface area (Å²) in [5.74, 6) is 0.670. The van der Waals surface area contributed by atoms with E-state index in [0.717, 1.165) is 11.3 Å². The Morgan fingerprint density at radius 3 is 2.42 bits per heavy atom. The molecule has 1 amide bonds. The summed E-state index contributed by atoms with van der Waals surface area (Å²) in [4.78, 5) is 12.7. The summed E-state index contributed by atoms with van der Waals surface area (Å²) < 4.78 is 10.8. The van der Waals surface area contributed by atoms with Crippen LogP contribution in [0.5, 0.6) is 5.75 Å². The number of carbonyl (C=O) groups is 1. The lowest BCUT2D eigenvalue weighted by Crippen LogP contribution is -2.75. The fourth-order valence-corrected chi connectivity index (χ4v) is 3.12. The number of halogens is 1. The molecule has 1 aliphatic carbocycles. The van der Waals surface area contributed by atoms with Crippen LogP contribution >= 0.6 is 12.4 Å². The SMILES string of the molecule is CCOC1CC(N)(C(=O)NC(C)c2ccc(OC)cc2)C1(C)C.Cl. The second kappa shape index (κ2) is 7.72. The van der Waals surface area contributed by atoms with E-state index in [1.54, 1.807) is 7.11 Å². The van der Waals surface area contributed by atoms with Crippen LogP contribution < -0.4 is 15.8 Å². The molecule has 1 aliphatic rings. The summed E-state index contributed by atoms with van der Waals surface area (Å²) in [5.41, 5.74) is 6.14. The van der Waals surface area contributed by atoms with Gasteiger partial charge in [-0.3, -0.25) is 4.79 Å². The van der Waals surface area contributed by atoms with Gasteiger partial charge in [-0.05, 0) is 31.5 Å². The van der Waals surface area contributed by atoms with Gasteiger partial charge in [-0.1, -0.05) is 26.0 Å². The number of benzene rings is 1. The van der Waals surface area contributed by atoms with Gasteiger partial charge in [0.25, 0.3) is 0 Å². The average molecular weight is 357 g/mol. The van der Waals surface area contributed by atoms with Gasteiger partial charge in [0.2, 0.25) is 5.91 Å². The van der Waals surface area contributed by atoms with E-state index in [1.807, 2.05) is 52.0 Å². The first kappa shape index (κ1) is 20.7. The van der Waals surface area contributed by atoms with Crippen LogP contribution in [0, 0.1) is 5.41 Å². The van der Waals surface area contributed by atoms with Crippen molar-refractivity contribution in [3.05, 3.63) is 29.8 Å². The fourth-order valence-electron chi connectivity index (χ4n) is 3.12. The van der Waals surface area contributed by atoms with Crippen molar-refractivity contribution < 1.29 is 14.3 Å². The maximum Gasteiger partial charge on any atom is 0.241 e. The molecule has 1 saturated carbocycles. The van der Waals surface area contributed by atoms with Crippen molar-refractivity contribution in [1.82, 2.24) is 5.32 Å². The van der Waals surface area contributed by atoms with Crippen molar-refractivity contribution in [1.29, 1.82) is 0 Å². The molecule has 6 heteroatoms. The van der Waals surface area contributed by atoms with Crippen molar-refractivity contribution in [3.63, 3.8) is 0 Å². The van der Waals surface area contributed by atoms with Crippen molar-refractivity contribution in [2.24, 2.45) is 11.1 Å². The molecule has 0 aliphatic heterocycles. The molecule has 0 bridgehead atoms. The molecule has 0 heterocycles. The van der Waals surface area contributed by atoms with Crippen LogP contribution in [0.4, 0.5) is 0 Å². The highest BCUT2D eigenvalue weighted by atomic mass is 35.5. The highest BCUT2D eigenvalue weighted by molar-refractivity contribution is 5.89. The molecule has 1 aromatic carbocycles. The van der Waals surface area contributed by atoms with E-state index >= 15 is 0 Å². The zero-order valence-electron chi connectivity index (χ0n) is 15.1. The van der Waals surface area contributed by atoms with E-state index in [1.165, 1.54) is 0 Å². The predicted octanol–water partition coefficient (Wildman–Crippen LogP) is 2.83. The van der Waals surface area contributed by atoms with Crippen LogP contribution in [-0.4, -0.2) is 31.3 Å². The molecule has 3 N–H and O–H groups in total. The highest BCUT2D eigenvalue weighted by Gasteiger charge is 2.62. The van der Waals surface area contributed by atoms with Gasteiger partial charge in [-0.25, -0.2) is 0 Å². The van der Waals surface area contributed by atoms with E-state index in [2.05, 4.69) is 5.32 Å². The monoisotopic (exact) mass is 356 g/mol. The molecule has 3 atom stereocenters. The topological polar surface area (TPSA) is 73.6 Å². The maximum atomic E-state index is 12.7. The third-order valence-electron chi connectivity index (χ3n) is 5.20. The molecule has 24 heavy (non-hydrogen) atoms. The summed E-state index contributed by atoms with van der Waals surface area (Å²) in [7, 11) is 1.63. The van der Waals surface area contributed by atoms with Crippen molar-refractivity contribution in [2.75, 3.05) is 13.7 Å². The van der Waals surface area contributed by atoms with Gasteiger partial charge in [0.15, 0.2) is 0 Å². The fraction of sp³-hybridized carbons (Fsp3) is 0.611. The average Bonchev–Trinajstić information content (AvgIpc) is 2.54. The molecule has 2 rings (SSSR count). The van der Waals surface area contributed by atoms with Crippen LogP contribution in [0.25, 0.3) is 0 Å². The first-order valence-corrected chi connectivity index (χ1v) is 8.11. The van der Waals surface area contributed by atoms with Gasteiger partial charge in [-0.15, -0.1) is 12.4 Å². The third kappa shape index (κ3) is 3.53. The standard InChI is InChI=1S/C18H28N2O3.ClH/c1-6-23-15-11-18(19,17(15,3)4)16(21)20-12(2)13-7-9-14(22-5)10-8-13;/h7-10,12,15H,6,11,19H2,1-5H3,(H,20,21);1H. The molecule has 0 saturated heterocycles. The number of nitrogens with one attached hydrogen (secondary N) is 1. The number of nitrogens with two attached hydrogens (primary N) is 1. The van der Waals surface area contributed by atoms with Crippen LogP contribution in [-0.2, 0) is 9.53 Å². The number of methoxy groups -OCH3 is 1. The Morgan fingerprint density at radius 2 is 1.96 bits per heavy atom. The van der Waals surface area contributed by atoms with Crippen molar-refractivity contribution in [3.8, 4) is 5.75 Å². The largest absolute Gasteiger partial charge is 0.497 e. The number of carbonyl (C=O) groups excluding carboxylic acids is 1. The van der Waals surface area contributed by atoms with Gasteiger partial charge < -0.3 is 20.5 Å². The molecule has 0 aromatic heterocycles. The van der Waals surface area contributed by atoms with Crippen LogP contribution in [0.15, 0.2) is 24.3 Å². The quantitative estimate of drug-likeness (QED) is 0.822. The van der Waals surface area contributed by atoms with E-state index in [9.17, 15) is 4.79 Å². The van der Waals surface area contributed by atoms with E-state index in [4.69, 9.17) is 15.2 Å². The Kier molecular flexibility index (Phi) is 6.67. The van der Waals surface area contributed by atoms with Crippen LogP contribution in [0.2, 0.25) is 0 Å². The Bertz CT molecular complexity index is 562. The summed E-state index contributed by atoms with van der Waals surface area (Å²) in [5, 5.41) is 3.03. The van der Waals surface area contributed by atoms with Gasteiger partial charge in [0.1, 0.15) is 11.3 Å². The van der Waals surface area contributed by atoms with Gasteiger partial charge in [0.05, 0.1) is 19.3 Å². The zero-order valence-corrected chi connectivity index (χ0v) is 15.9. The highest BCUT2D eigenvalue weighted by Crippen LogP contribution is 2.50. The minimum atomic E-state index is -0.895. The van der Waals surface area contributed by atoms with E-state index < -0.39 is 5.54 Å². The van der Waals surface area contributed by atoms with Gasteiger partial charge >= 0.3 is 0 Å². The van der Waals surface area contributed by atoms with Crippen molar-refractivity contribution in [2.45, 2.75) is 51.8 Å². The molecule has 5 nitrogen and oxygen atoms in total. The van der Waals surface area contributed by atoms with Gasteiger partial charge in [0, 0.05) is 18.4 Å². The predicted molar refractivity (Wildman–Crippen MR) is 97.5 cm³/mol. The Labute approximate surface area is 150 Å². The molecule has 0 radical (unpaired) electrons. The Hall–Kier alpha value is -1.30. The molecule has 136 valence electrons. The molecule has 1 aromatic rings. The van der Waals surface area contributed by atoms with Gasteiger partial charge in [-0.2, -0.15) is 0 Å². The van der Waals surface area contributed by atoms with Crippen molar-refractivity contribution >= 4 is 18.3 Å². The first-order chi connectivity index (χ1) is 10.8. The lowest BCUT2D eigenvalue weighted by atomic mass is 9.54. The molecular weight excluding hydrogens is 328 g/mol. The normalized spacial score (nSPS) is 25.8. The third-order valence-corrected chi connectivity index (χ3v) is 5.20. The molecule has 1 fully saturated rings. The van der Waals surface area contributed by atoms with E-state index in [0.29, 0.717) is 13.0 Å². The lowest BCUT2D eigenvalue weighted by Gasteiger charge is -2.57. The Balaban J connectivity index is 0.00000288. The smallest absolute Gasteiger partial charge is 0.241 e. The number of ether oxygens (including phenoxy) is 2. The number of hydrogen-bond donors (Lipinski definition) is 2. The summed E-state index contributed by atoms with van der Waals surface area (Å²) in [6.45, 7) is 8.53. The minimum absolute atomic E-state index is 0. The number of hydrogen-bond acceptors (Lipinski definition) is 4. The summed E-state index contributed by atoms with van der Waals surface area (Å²) in [6.07, 6.45) is 0.578. The number of amides is 1. The zero-order chi connectivity index (χ0) is 17.3. The number of rotatable bonds is 6. The second-order valence-electron chi connectivity index (χ2n) is 6.81. The maximum absolute atomic E-state index is 12.7. The summed E-state index contributed by atoms with van der Waals surface area (Å²) in [6, 6.07) is 7.54. The molecular formula is C18H29ClN2O3. The lowest BCUT2D eigenvalue weighted by molar-refractivity contribution is -0.171. The Morgan fingerprint density at radius 1 is 1.38 bits per heavy atom. The molecule has 0 spiro atoms. The van der Waals surface area contributed by atoms with E-state index in [-0.39, 0.29) is 35.9 Å². The molecule has 3 unspecified atom stereocenters.